The molecule has 0 aliphatic heterocycles. The van der Waals surface area contributed by atoms with Gasteiger partial charge in [-0.2, -0.15) is 0 Å². The van der Waals surface area contributed by atoms with Gasteiger partial charge in [-0.3, -0.25) is 10.6 Å². The van der Waals surface area contributed by atoms with Gasteiger partial charge in [-0.1, -0.05) is 0 Å². The zero-order chi connectivity index (χ0) is 12.7. The first-order valence-electron chi connectivity index (χ1n) is 4.76. The second-order valence-corrected chi connectivity index (χ2v) is 3.00. The van der Waals surface area contributed by atoms with Gasteiger partial charge in [0.1, 0.15) is 12.3 Å². The summed E-state index contributed by atoms with van der Waals surface area (Å²) in [5.74, 6) is 4.78. The molecule has 0 spiro atoms. The van der Waals surface area contributed by atoms with Crippen LogP contribution in [0.1, 0.15) is 10.5 Å². The molecule has 8 heteroatoms. The van der Waals surface area contributed by atoms with E-state index in [0.717, 1.165) is 0 Å². The van der Waals surface area contributed by atoms with E-state index in [2.05, 4.69) is 20.5 Å². The maximum absolute atomic E-state index is 11.5. The van der Waals surface area contributed by atoms with Crippen molar-refractivity contribution in [3.63, 3.8) is 0 Å². The number of nitrogens with zero attached hydrogens (tertiary/aromatic N) is 1. The molecule has 1 heterocycles. The summed E-state index contributed by atoms with van der Waals surface area (Å²) in [6, 6.07) is 3.13. The smallest absolute Gasteiger partial charge is 0.404 e. The van der Waals surface area contributed by atoms with Crippen molar-refractivity contribution in [2.45, 2.75) is 0 Å². The number of aromatic nitrogens is 1. The molecule has 0 fully saturated rings. The minimum atomic E-state index is -0.879. The first-order chi connectivity index (χ1) is 8.13. The number of nitrogen functional groups attached to an aromatic ring is 1. The molecule has 1 rings (SSSR count). The molecule has 6 N–H and O–H groups in total. The third-order valence-electron chi connectivity index (χ3n) is 1.79. The predicted octanol–water partition coefficient (Wildman–Crippen LogP) is -0.808. The molecule has 8 nitrogen and oxygen atoms in total. The molecule has 0 saturated carbocycles. The average Bonchev–Trinajstić information content (AvgIpc) is 2.34. The number of nitrogens with two attached hydrogens (primary N) is 2. The van der Waals surface area contributed by atoms with Crippen LogP contribution in [0.5, 0.6) is 0 Å². The van der Waals surface area contributed by atoms with Crippen molar-refractivity contribution in [3.05, 3.63) is 24.0 Å². The van der Waals surface area contributed by atoms with Crippen LogP contribution in [-0.2, 0) is 4.74 Å². The summed E-state index contributed by atoms with van der Waals surface area (Å²) in [6.07, 6.45) is 0.546. The third kappa shape index (κ3) is 4.34. The van der Waals surface area contributed by atoms with Crippen molar-refractivity contribution < 1.29 is 14.3 Å². The first-order valence-corrected chi connectivity index (χ1v) is 4.76. The van der Waals surface area contributed by atoms with Gasteiger partial charge < -0.3 is 21.2 Å². The molecule has 0 atom stereocenters. The summed E-state index contributed by atoms with van der Waals surface area (Å²) < 4.78 is 4.44. The Hall–Kier alpha value is -2.35. The van der Waals surface area contributed by atoms with Crippen LogP contribution in [0.15, 0.2) is 18.3 Å². The number of hydrazine groups is 1. The molecule has 0 radical (unpaired) electrons. The predicted molar refractivity (Wildman–Crippen MR) is 59.9 cm³/mol. The number of amides is 2. The van der Waals surface area contributed by atoms with Crippen molar-refractivity contribution >= 4 is 17.7 Å². The Kier molecular flexibility index (Phi) is 4.70. The van der Waals surface area contributed by atoms with E-state index >= 15 is 0 Å². The van der Waals surface area contributed by atoms with Gasteiger partial charge in [-0.05, 0) is 12.1 Å². The largest absolute Gasteiger partial charge is 0.448 e. The van der Waals surface area contributed by atoms with E-state index in [-0.39, 0.29) is 24.8 Å². The summed E-state index contributed by atoms with van der Waals surface area (Å²) in [4.78, 5) is 25.6. The summed E-state index contributed by atoms with van der Waals surface area (Å²) in [5.41, 5.74) is 7.97. The molecular weight excluding hydrogens is 226 g/mol. The number of hydrogen-bond donors (Lipinski definition) is 4. The van der Waals surface area contributed by atoms with Gasteiger partial charge >= 0.3 is 6.09 Å². The standard InChI is InChI=1S/C9H13N5O3/c10-9(16)17-4-3-12-8(15)7-2-1-6(14-11)5-13-7/h1-2,5,14H,3-4,11H2,(H2,10,16)(H,12,15). The lowest BCUT2D eigenvalue weighted by Crippen LogP contribution is -2.29. The fourth-order valence-corrected chi connectivity index (χ4v) is 1.02. The monoisotopic (exact) mass is 239 g/mol. The van der Waals surface area contributed by atoms with Crippen molar-refractivity contribution in [3.8, 4) is 0 Å². The normalized spacial score (nSPS) is 9.47. The lowest BCUT2D eigenvalue weighted by Gasteiger charge is -2.05. The Balaban J connectivity index is 2.38. The molecule has 0 aliphatic rings. The number of nitrogens with one attached hydrogen (secondary N) is 2. The van der Waals surface area contributed by atoms with Crippen LogP contribution >= 0.6 is 0 Å². The fraction of sp³-hybridized carbons (Fsp3) is 0.222. The van der Waals surface area contributed by atoms with Crippen molar-refractivity contribution in [1.82, 2.24) is 10.3 Å². The number of ether oxygens (including phenoxy) is 1. The molecule has 17 heavy (non-hydrogen) atoms. The Labute approximate surface area is 97.3 Å². The fourth-order valence-electron chi connectivity index (χ4n) is 1.02. The molecule has 2 amide bonds. The van der Waals surface area contributed by atoms with Gasteiger partial charge in [-0.15, -0.1) is 0 Å². The average molecular weight is 239 g/mol. The molecule has 0 bridgehead atoms. The van der Waals surface area contributed by atoms with E-state index in [1.54, 1.807) is 6.07 Å². The summed E-state index contributed by atoms with van der Waals surface area (Å²) in [6.45, 7) is 0.184. The van der Waals surface area contributed by atoms with Gasteiger partial charge in [0.25, 0.3) is 5.91 Å². The van der Waals surface area contributed by atoms with E-state index in [9.17, 15) is 9.59 Å². The highest BCUT2D eigenvalue weighted by Gasteiger charge is 2.06. The van der Waals surface area contributed by atoms with Gasteiger partial charge in [0.2, 0.25) is 0 Å². The molecule has 0 saturated heterocycles. The van der Waals surface area contributed by atoms with E-state index in [0.29, 0.717) is 5.69 Å². The molecule has 0 unspecified atom stereocenters. The first kappa shape index (κ1) is 12.7. The number of pyridine rings is 1. The molecular formula is C9H13N5O3. The maximum atomic E-state index is 11.5. The topological polar surface area (TPSA) is 132 Å². The summed E-state index contributed by atoms with van der Waals surface area (Å²) in [7, 11) is 0. The number of carbonyl (C=O) groups excluding carboxylic acids is 2. The SMILES string of the molecule is NNc1ccc(C(=O)NCCOC(N)=O)nc1. The van der Waals surface area contributed by atoms with Crippen molar-refractivity contribution in [2.24, 2.45) is 11.6 Å². The second kappa shape index (κ2) is 6.28. The second-order valence-electron chi connectivity index (χ2n) is 3.00. The van der Waals surface area contributed by atoms with Crippen LogP contribution in [0.4, 0.5) is 10.5 Å². The number of rotatable bonds is 5. The lowest BCUT2D eigenvalue weighted by atomic mass is 10.3. The zero-order valence-corrected chi connectivity index (χ0v) is 8.97. The van der Waals surface area contributed by atoms with Crippen LogP contribution in [0.25, 0.3) is 0 Å². The Morgan fingerprint density at radius 2 is 2.18 bits per heavy atom. The highest BCUT2D eigenvalue weighted by atomic mass is 16.5. The molecule has 92 valence electrons. The minimum absolute atomic E-state index is 0.0174. The Bertz CT molecular complexity index is 392. The molecule has 1 aromatic heterocycles. The van der Waals surface area contributed by atoms with Crippen LogP contribution in [0.2, 0.25) is 0 Å². The van der Waals surface area contributed by atoms with Gasteiger partial charge in [0.15, 0.2) is 0 Å². The maximum Gasteiger partial charge on any atom is 0.404 e. The quantitative estimate of drug-likeness (QED) is 0.302. The third-order valence-corrected chi connectivity index (χ3v) is 1.79. The van der Waals surface area contributed by atoms with E-state index < -0.39 is 6.09 Å². The molecule has 0 aliphatic carbocycles. The Morgan fingerprint density at radius 3 is 2.71 bits per heavy atom. The molecule has 0 aromatic carbocycles. The van der Waals surface area contributed by atoms with E-state index in [1.807, 2.05) is 0 Å². The zero-order valence-electron chi connectivity index (χ0n) is 8.97. The van der Waals surface area contributed by atoms with Gasteiger partial charge in [-0.25, -0.2) is 9.78 Å². The highest BCUT2D eigenvalue weighted by molar-refractivity contribution is 5.92. The number of carbonyl (C=O) groups is 2. The van der Waals surface area contributed by atoms with Gasteiger partial charge in [0.05, 0.1) is 18.4 Å². The minimum Gasteiger partial charge on any atom is -0.448 e. The number of primary amides is 1. The van der Waals surface area contributed by atoms with Crippen LogP contribution < -0.4 is 22.3 Å². The highest BCUT2D eigenvalue weighted by Crippen LogP contribution is 2.03. The van der Waals surface area contributed by atoms with Crippen molar-refractivity contribution in [2.75, 3.05) is 18.6 Å². The van der Waals surface area contributed by atoms with E-state index in [1.165, 1.54) is 12.3 Å². The molecule has 1 aromatic rings. The number of hydrogen-bond acceptors (Lipinski definition) is 6. The van der Waals surface area contributed by atoms with Crippen LogP contribution in [0, 0.1) is 0 Å². The summed E-state index contributed by atoms with van der Waals surface area (Å²) in [5, 5.41) is 2.51. The lowest BCUT2D eigenvalue weighted by molar-refractivity contribution is 0.0932. The summed E-state index contributed by atoms with van der Waals surface area (Å²) >= 11 is 0. The van der Waals surface area contributed by atoms with Gasteiger partial charge in [0, 0.05) is 0 Å². The number of anilines is 1. The van der Waals surface area contributed by atoms with Crippen molar-refractivity contribution in [1.29, 1.82) is 0 Å². The Morgan fingerprint density at radius 1 is 1.41 bits per heavy atom. The van der Waals surface area contributed by atoms with Crippen LogP contribution in [0.3, 0.4) is 0 Å². The van der Waals surface area contributed by atoms with Crippen LogP contribution in [-0.4, -0.2) is 30.1 Å². The van der Waals surface area contributed by atoms with E-state index in [4.69, 9.17) is 11.6 Å².